The predicted octanol–water partition coefficient (Wildman–Crippen LogP) is 5.07. The van der Waals surface area contributed by atoms with Crippen molar-refractivity contribution < 1.29 is 27.5 Å². The fraction of sp³-hybridized carbons (Fsp3) is 0.727. The van der Waals surface area contributed by atoms with Gasteiger partial charge in [0.2, 0.25) is 5.79 Å². The van der Waals surface area contributed by atoms with Gasteiger partial charge in [0.05, 0.1) is 13.2 Å². The molecule has 1 saturated carbocycles. The van der Waals surface area contributed by atoms with Crippen LogP contribution in [-0.2, 0) is 24.6 Å². The van der Waals surface area contributed by atoms with Crippen molar-refractivity contribution in [3.8, 4) is 11.5 Å². The van der Waals surface area contributed by atoms with Crippen LogP contribution in [0.5, 0.6) is 11.5 Å². The third kappa shape index (κ3) is 5.95. The molecule has 164 valence electrons. The summed E-state index contributed by atoms with van der Waals surface area (Å²) in [7, 11) is -2.60. The smallest absolute Gasteiger partial charge is 0.494 e. The molecule has 0 bridgehead atoms. The van der Waals surface area contributed by atoms with Gasteiger partial charge in [-0.1, -0.05) is 6.42 Å². The molecule has 1 fully saturated rings. The second kappa shape index (κ2) is 10.8. The maximum atomic E-state index is 6.24. The summed E-state index contributed by atoms with van der Waals surface area (Å²) in [6.45, 7) is 8.90. The third-order valence-corrected chi connectivity index (χ3v) is 8.57. The molecule has 1 heterocycles. The summed E-state index contributed by atoms with van der Waals surface area (Å²) >= 11 is 0. The second-order valence-corrected chi connectivity index (χ2v) is 10.3. The Morgan fingerprint density at radius 2 is 1.66 bits per heavy atom. The lowest BCUT2D eigenvalue weighted by molar-refractivity contribution is -0.222. The summed E-state index contributed by atoms with van der Waals surface area (Å²) in [5.74, 6) is 1.37. The van der Waals surface area contributed by atoms with Crippen molar-refractivity contribution in [2.24, 2.45) is 0 Å². The van der Waals surface area contributed by atoms with Crippen LogP contribution in [0, 0.1) is 0 Å². The van der Waals surface area contributed by atoms with E-state index in [1.807, 2.05) is 39.0 Å². The first-order chi connectivity index (χ1) is 14.1. The Morgan fingerprint density at radius 3 is 2.31 bits per heavy atom. The maximum Gasteiger partial charge on any atom is 0.501 e. The van der Waals surface area contributed by atoms with Gasteiger partial charge in [0, 0.05) is 44.3 Å². The highest BCUT2D eigenvalue weighted by Gasteiger charge is 2.40. The number of rotatable bonds is 11. The molecule has 0 N–H and O–H groups in total. The van der Waals surface area contributed by atoms with Gasteiger partial charge in [-0.25, -0.2) is 0 Å². The summed E-state index contributed by atoms with van der Waals surface area (Å²) in [5, 5.41) is 0. The van der Waals surface area contributed by atoms with E-state index in [0.717, 1.165) is 42.4 Å². The minimum absolute atomic E-state index is 0.403. The van der Waals surface area contributed by atoms with Crippen LogP contribution in [0.3, 0.4) is 0 Å². The fourth-order valence-corrected chi connectivity index (χ4v) is 6.69. The molecule has 1 aromatic rings. The molecular weight excluding hydrogens is 388 g/mol. The standard InChI is InChI=1S/C22H36O6Si/c1-4-25-29(26-5-2,27-6-3)16-10-15-23-20-11-12-21-19(17-20)18-24-22(28-21)13-8-7-9-14-22/h11-12,17H,4-10,13-16,18H2,1-3H3. The van der Waals surface area contributed by atoms with E-state index in [1.54, 1.807) is 0 Å². The van der Waals surface area contributed by atoms with Gasteiger partial charge < -0.3 is 27.5 Å². The Morgan fingerprint density at radius 1 is 0.966 bits per heavy atom. The van der Waals surface area contributed by atoms with E-state index in [-0.39, 0.29) is 0 Å². The monoisotopic (exact) mass is 424 g/mol. The lowest BCUT2D eigenvalue weighted by Crippen LogP contribution is -2.46. The zero-order chi connectivity index (χ0) is 20.6. The van der Waals surface area contributed by atoms with Gasteiger partial charge in [-0.15, -0.1) is 0 Å². The molecule has 1 spiro atoms. The first-order valence-corrected chi connectivity index (χ1v) is 13.1. The average Bonchev–Trinajstić information content (AvgIpc) is 2.72. The molecule has 2 aliphatic rings. The first-order valence-electron chi connectivity index (χ1n) is 11.1. The number of benzene rings is 1. The lowest BCUT2D eigenvalue weighted by atomic mass is 9.93. The van der Waals surface area contributed by atoms with Crippen molar-refractivity contribution >= 4 is 8.80 Å². The summed E-state index contributed by atoms with van der Waals surface area (Å²) in [6.07, 6.45) is 6.40. The molecule has 0 amide bonds. The third-order valence-electron chi connectivity index (χ3n) is 5.42. The molecule has 0 radical (unpaired) electrons. The van der Waals surface area contributed by atoms with Crippen LogP contribution in [0.2, 0.25) is 6.04 Å². The Kier molecular flexibility index (Phi) is 8.38. The van der Waals surface area contributed by atoms with Crippen LogP contribution in [0.15, 0.2) is 18.2 Å². The molecule has 7 heteroatoms. The summed E-state index contributed by atoms with van der Waals surface area (Å²) in [4.78, 5) is 0. The van der Waals surface area contributed by atoms with Crippen LogP contribution in [-0.4, -0.2) is 41.0 Å². The quantitative estimate of drug-likeness (QED) is 0.365. The molecule has 0 atom stereocenters. The number of hydrogen-bond acceptors (Lipinski definition) is 6. The minimum atomic E-state index is -2.60. The van der Waals surface area contributed by atoms with E-state index in [1.165, 1.54) is 19.3 Å². The molecule has 0 aromatic heterocycles. The van der Waals surface area contributed by atoms with E-state index in [4.69, 9.17) is 27.5 Å². The Bertz CT molecular complexity index is 615. The van der Waals surface area contributed by atoms with Crippen LogP contribution >= 0.6 is 0 Å². The molecule has 1 aromatic carbocycles. The summed E-state index contributed by atoms with van der Waals surface area (Å²) in [5.41, 5.74) is 1.06. The van der Waals surface area contributed by atoms with Crippen molar-refractivity contribution in [2.75, 3.05) is 26.4 Å². The van der Waals surface area contributed by atoms with Crippen molar-refractivity contribution in [1.29, 1.82) is 0 Å². The Balaban J connectivity index is 1.51. The largest absolute Gasteiger partial charge is 0.501 e. The molecular formula is C22H36O6Si. The van der Waals surface area contributed by atoms with Crippen molar-refractivity contribution in [2.45, 2.75) is 77.7 Å². The number of ether oxygens (including phenoxy) is 3. The van der Waals surface area contributed by atoms with Crippen molar-refractivity contribution in [1.82, 2.24) is 0 Å². The van der Waals surface area contributed by atoms with Crippen LogP contribution in [0.25, 0.3) is 0 Å². The van der Waals surface area contributed by atoms with Gasteiger partial charge >= 0.3 is 8.80 Å². The van der Waals surface area contributed by atoms with E-state index in [2.05, 4.69) is 0 Å². The molecule has 1 aliphatic heterocycles. The van der Waals surface area contributed by atoms with Crippen LogP contribution < -0.4 is 9.47 Å². The lowest BCUT2D eigenvalue weighted by Gasteiger charge is -2.41. The van der Waals surface area contributed by atoms with Crippen LogP contribution in [0.4, 0.5) is 0 Å². The molecule has 6 nitrogen and oxygen atoms in total. The fourth-order valence-electron chi connectivity index (χ4n) is 4.11. The molecule has 3 rings (SSSR count). The van der Waals surface area contributed by atoms with E-state index in [9.17, 15) is 0 Å². The van der Waals surface area contributed by atoms with Gasteiger partial charge in [0.1, 0.15) is 11.5 Å². The molecule has 1 aliphatic carbocycles. The first kappa shape index (κ1) is 22.6. The SMILES string of the molecule is CCO[Si](CCCOc1ccc2c(c1)COC1(CCCCC1)O2)(OCC)OCC. The van der Waals surface area contributed by atoms with Gasteiger partial charge in [-0.2, -0.15) is 0 Å². The predicted molar refractivity (Wildman–Crippen MR) is 113 cm³/mol. The van der Waals surface area contributed by atoms with Crippen molar-refractivity contribution in [3.05, 3.63) is 23.8 Å². The summed E-state index contributed by atoms with van der Waals surface area (Å²) in [6, 6.07) is 6.79. The van der Waals surface area contributed by atoms with Crippen molar-refractivity contribution in [3.63, 3.8) is 0 Å². The van der Waals surface area contributed by atoms with Gasteiger partial charge in [-0.05, 0) is 58.2 Å². The molecule has 29 heavy (non-hydrogen) atoms. The highest BCUT2D eigenvalue weighted by Crippen LogP contribution is 2.41. The maximum absolute atomic E-state index is 6.24. The highest BCUT2D eigenvalue weighted by atomic mass is 28.4. The zero-order valence-corrected chi connectivity index (χ0v) is 19.2. The average molecular weight is 425 g/mol. The number of fused-ring (bicyclic) bond motifs is 1. The van der Waals surface area contributed by atoms with Crippen LogP contribution in [0.1, 0.15) is 64.9 Å². The van der Waals surface area contributed by atoms with E-state index in [0.29, 0.717) is 33.0 Å². The van der Waals surface area contributed by atoms with E-state index >= 15 is 0 Å². The van der Waals surface area contributed by atoms with Gasteiger partial charge in [0.15, 0.2) is 0 Å². The topological polar surface area (TPSA) is 55.4 Å². The molecule has 0 unspecified atom stereocenters. The minimum Gasteiger partial charge on any atom is -0.494 e. The van der Waals surface area contributed by atoms with Gasteiger partial charge in [0.25, 0.3) is 0 Å². The highest BCUT2D eigenvalue weighted by molar-refractivity contribution is 6.60. The molecule has 0 saturated heterocycles. The normalized spacial score (nSPS) is 18.3. The summed E-state index contributed by atoms with van der Waals surface area (Å²) < 4.78 is 36.0. The Labute approximate surface area is 176 Å². The van der Waals surface area contributed by atoms with E-state index < -0.39 is 14.6 Å². The number of hydrogen-bond donors (Lipinski definition) is 0. The zero-order valence-electron chi connectivity index (χ0n) is 18.2. The van der Waals surface area contributed by atoms with Gasteiger partial charge in [-0.3, -0.25) is 0 Å². The Hall–Kier alpha value is -1.12. The second-order valence-electron chi connectivity index (χ2n) is 7.57.